The van der Waals surface area contributed by atoms with Crippen LogP contribution in [0.25, 0.3) is 0 Å². The van der Waals surface area contributed by atoms with E-state index >= 15 is 0 Å². The summed E-state index contributed by atoms with van der Waals surface area (Å²) in [6, 6.07) is 10.7. The Hall–Kier alpha value is -2.12. The number of sulfonamides is 1. The van der Waals surface area contributed by atoms with Gasteiger partial charge in [-0.15, -0.1) is 0 Å². The van der Waals surface area contributed by atoms with E-state index in [0.29, 0.717) is 6.61 Å². The minimum atomic E-state index is -3.80. The molecule has 0 unspecified atom stereocenters. The van der Waals surface area contributed by atoms with Gasteiger partial charge in [-0.2, -0.15) is 4.31 Å². The first-order valence-electron chi connectivity index (χ1n) is 7.40. The van der Waals surface area contributed by atoms with Gasteiger partial charge in [-0.25, -0.2) is 12.8 Å². The molecule has 0 N–H and O–H groups in total. The van der Waals surface area contributed by atoms with Crippen LogP contribution >= 0.6 is 0 Å². The topological polar surface area (TPSA) is 55.8 Å². The molecule has 0 heterocycles. The summed E-state index contributed by atoms with van der Waals surface area (Å²) in [6.45, 7) is 2.63. The summed E-state index contributed by atoms with van der Waals surface area (Å²) in [5.74, 6) is 0.0140. The van der Waals surface area contributed by atoms with Crippen molar-refractivity contribution in [2.24, 2.45) is 0 Å². The maximum atomic E-state index is 13.8. The van der Waals surface area contributed by atoms with Crippen LogP contribution in [0, 0.1) is 5.82 Å². The number of rotatable bonds is 7. The number of benzene rings is 2. The Morgan fingerprint density at radius 3 is 2.33 bits per heavy atom. The molecule has 0 fully saturated rings. The van der Waals surface area contributed by atoms with Crippen LogP contribution in [0.1, 0.15) is 12.5 Å². The van der Waals surface area contributed by atoms with E-state index in [9.17, 15) is 12.8 Å². The Morgan fingerprint density at radius 2 is 1.79 bits per heavy atom. The standard InChI is InChI=1S/C17H20FNO4S/c1-4-23-14-7-5-13(6-8-14)12-19(2)24(20,21)15-9-10-17(22-3)16(18)11-15/h5-11H,4,12H2,1-3H3. The van der Waals surface area contributed by atoms with Gasteiger partial charge in [-0.1, -0.05) is 12.1 Å². The highest BCUT2D eigenvalue weighted by atomic mass is 32.2. The van der Waals surface area contributed by atoms with E-state index < -0.39 is 15.8 Å². The maximum Gasteiger partial charge on any atom is 0.243 e. The molecule has 2 rings (SSSR count). The first kappa shape index (κ1) is 18.2. The minimum absolute atomic E-state index is 0.00289. The third kappa shape index (κ3) is 4.04. The Kier molecular flexibility index (Phi) is 5.80. The molecular formula is C17H20FNO4S. The van der Waals surface area contributed by atoms with Crippen molar-refractivity contribution in [2.45, 2.75) is 18.4 Å². The Balaban J connectivity index is 2.18. The van der Waals surface area contributed by atoms with Crippen molar-refractivity contribution in [3.63, 3.8) is 0 Å². The third-order valence-corrected chi connectivity index (χ3v) is 5.27. The number of hydrogen-bond donors (Lipinski definition) is 0. The van der Waals surface area contributed by atoms with Gasteiger partial charge in [-0.05, 0) is 42.8 Å². The minimum Gasteiger partial charge on any atom is -0.494 e. The molecule has 0 saturated heterocycles. The highest BCUT2D eigenvalue weighted by molar-refractivity contribution is 7.89. The van der Waals surface area contributed by atoms with Crippen LogP contribution in [0.4, 0.5) is 4.39 Å². The molecule has 0 saturated carbocycles. The van der Waals surface area contributed by atoms with Crippen LogP contribution < -0.4 is 9.47 Å². The molecule has 0 aliphatic heterocycles. The fourth-order valence-electron chi connectivity index (χ4n) is 2.19. The SMILES string of the molecule is CCOc1ccc(CN(C)S(=O)(=O)c2ccc(OC)c(F)c2)cc1. The molecule has 130 valence electrons. The van der Waals surface area contributed by atoms with Gasteiger partial charge in [-0.3, -0.25) is 0 Å². The fraction of sp³-hybridized carbons (Fsp3) is 0.294. The van der Waals surface area contributed by atoms with E-state index in [-0.39, 0.29) is 17.2 Å². The average molecular weight is 353 g/mol. The lowest BCUT2D eigenvalue weighted by atomic mass is 10.2. The molecule has 2 aromatic rings. The molecule has 7 heteroatoms. The summed E-state index contributed by atoms with van der Waals surface area (Å²) in [6.07, 6.45) is 0. The quantitative estimate of drug-likeness (QED) is 0.768. The molecule has 0 atom stereocenters. The van der Waals surface area contributed by atoms with Gasteiger partial charge >= 0.3 is 0 Å². The van der Waals surface area contributed by atoms with Gasteiger partial charge < -0.3 is 9.47 Å². The van der Waals surface area contributed by atoms with Crippen molar-refractivity contribution >= 4 is 10.0 Å². The zero-order valence-electron chi connectivity index (χ0n) is 13.8. The number of methoxy groups -OCH3 is 1. The largest absolute Gasteiger partial charge is 0.494 e. The zero-order chi connectivity index (χ0) is 17.7. The van der Waals surface area contributed by atoms with Crippen LogP contribution in [-0.2, 0) is 16.6 Å². The summed E-state index contributed by atoms with van der Waals surface area (Å²) in [7, 11) is -1.02. The summed E-state index contributed by atoms with van der Waals surface area (Å²) in [5.41, 5.74) is 0.804. The zero-order valence-corrected chi connectivity index (χ0v) is 14.6. The second-order valence-electron chi connectivity index (χ2n) is 5.13. The molecule has 24 heavy (non-hydrogen) atoms. The lowest BCUT2D eigenvalue weighted by molar-refractivity contribution is 0.340. The lowest BCUT2D eigenvalue weighted by Crippen LogP contribution is -2.26. The number of halogens is 1. The first-order chi connectivity index (χ1) is 11.4. The predicted molar refractivity (Wildman–Crippen MR) is 89.2 cm³/mol. The van der Waals surface area contributed by atoms with E-state index in [1.54, 1.807) is 24.3 Å². The van der Waals surface area contributed by atoms with E-state index in [1.165, 1.54) is 30.6 Å². The Labute approximate surface area is 141 Å². The van der Waals surface area contributed by atoms with Gasteiger partial charge in [0.05, 0.1) is 18.6 Å². The summed E-state index contributed by atoms with van der Waals surface area (Å²) in [4.78, 5) is -0.116. The van der Waals surface area contributed by atoms with Crippen molar-refractivity contribution < 1.29 is 22.3 Å². The number of hydrogen-bond acceptors (Lipinski definition) is 4. The number of nitrogens with zero attached hydrogens (tertiary/aromatic N) is 1. The molecule has 0 spiro atoms. The van der Waals surface area contributed by atoms with Crippen molar-refractivity contribution in [3.8, 4) is 11.5 Å². The molecule has 0 aliphatic rings. The van der Waals surface area contributed by atoms with Crippen LogP contribution in [0.15, 0.2) is 47.4 Å². The lowest BCUT2D eigenvalue weighted by Gasteiger charge is -2.18. The highest BCUT2D eigenvalue weighted by Gasteiger charge is 2.22. The van der Waals surface area contributed by atoms with Crippen molar-refractivity contribution in [2.75, 3.05) is 20.8 Å². The average Bonchev–Trinajstić information content (AvgIpc) is 2.56. The summed E-state index contributed by atoms with van der Waals surface area (Å²) >= 11 is 0. The molecule has 5 nitrogen and oxygen atoms in total. The highest BCUT2D eigenvalue weighted by Crippen LogP contribution is 2.23. The fourth-order valence-corrected chi connectivity index (χ4v) is 3.36. The smallest absolute Gasteiger partial charge is 0.243 e. The van der Waals surface area contributed by atoms with Crippen LogP contribution in [0.2, 0.25) is 0 Å². The van der Waals surface area contributed by atoms with E-state index in [1.807, 2.05) is 6.92 Å². The Morgan fingerprint density at radius 1 is 1.12 bits per heavy atom. The van der Waals surface area contributed by atoms with Crippen LogP contribution in [-0.4, -0.2) is 33.5 Å². The van der Waals surface area contributed by atoms with E-state index in [4.69, 9.17) is 9.47 Å². The van der Waals surface area contributed by atoms with Crippen molar-refractivity contribution in [1.29, 1.82) is 0 Å². The molecule has 0 amide bonds. The normalized spacial score (nSPS) is 11.5. The monoisotopic (exact) mass is 353 g/mol. The first-order valence-corrected chi connectivity index (χ1v) is 8.84. The number of ether oxygens (including phenoxy) is 2. The van der Waals surface area contributed by atoms with Crippen molar-refractivity contribution in [3.05, 3.63) is 53.8 Å². The molecular weight excluding hydrogens is 333 g/mol. The maximum absolute atomic E-state index is 13.8. The van der Waals surface area contributed by atoms with Gasteiger partial charge in [0.25, 0.3) is 0 Å². The predicted octanol–water partition coefficient (Wildman–Crippen LogP) is 3.05. The Bertz CT molecular complexity index is 791. The van der Waals surface area contributed by atoms with Crippen LogP contribution in [0.5, 0.6) is 11.5 Å². The summed E-state index contributed by atoms with van der Waals surface area (Å²) < 4.78 is 50.2. The van der Waals surface area contributed by atoms with Gasteiger partial charge in [0.15, 0.2) is 11.6 Å². The molecule has 0 radical (unpaired) electrons. The third-order valence-electron chi connectivity index (χ3n) is 3.47. The second kappa shape index (κ2) is 7.63. The van der Waals surface area contributed by atoms with Crippen LogP contribution in [0.3, 0.4) is 0 Å². The van der Waals surface area contributed by atoms with Gasteiger partial charge in [0.2, 0.25) is 10.0 Å². The molecule has 2 aromatic carbocycles. The van der Waals surface area contributed by atoms with E-state index in [0.717, 1.165) is 17.4 Å². The molecule has 0 aliphatic carbocycles. The van der Waals surface area contributed by atoms with Gasteiger partial charge in [0, 0.05) is 13.6 Å². The molecule has 0 aromatic heterocycles. The van der Waals surface area contributed by atoms with Crippen molar-refractivity contribution in [1.82, 2.24) is 4.31 Å². The second-order valence-corrected chi connectivity index (χ2v) is 7.18. The van der Waals surface area contributed by atoms with E-state index in [2.05, 4.69) is 0 Å². The van der Waals surface area contributed by atoms with Gasteiger partial charge in [0.1, 0.15) is 5.75 Å². The summed E-state index contributed by atoms with van der Waals surface area (Å²) in [5, 5.41) is 0. The molecule has 0 bridgehead atoms.